The number of amides is 2. The third-order valence-corrected chi connectivity index (χ3v) is 8.12. The molecule has 1 aromatic rings. The number of carbonyl (C=O) groups is 4. The summed E-state index contributed by atoms with van der Waals surface area (Å²) in [5, 5.41) is 21.6. The lowest BCUT2D eigenvalue weighted by molar-refractivity contribution is -0.143. The van der Waals surface area contributed by atoms with Gasteiger partial charge in [0.2, 0.25) is 11.8 Å². The first-order valence-electron chi connectivity index (χ1n) is 8.45. The lowest BCUT2D eigenvalue weighted by atomic mass is 9.84. The number of carboxylic acids is 2. The Morgan fingerprint density at radius 2 is 1.45 bits per heavy atom. The third-order valence-electron chi connectivity index (χ3n) is 4.94. The molecular weight excluding hydrogens is 721 g/mol. The van der Waals surface area contributed by atoms with Crippen molar-refractivity contribution in [2.24, 2.45) is 17.8 Å². The van der Waals surface area contributed by atoms with Crippen LogP contribution in [0, 0.1) is 28.5 Å². The molecule has 0 aromatic heterocycles. The van der Waals surface area contributed by atoms with E-state index in [-0.39, 0.29) is 11.5 Å². The number of anilines is 2. The second-order valence-corrected chi connectivity index (χ2v) is 9.92. The highest BCUT2D eigenvalue weighted by atomic mass is 127. The Morgan fingerprint density at radius 1 is 0.931 bits per heavy atom. The molecule has 0 radical (unpaired) electrons. The summed E-state index contributed by atoms with van der Waals surface area (Å²) in [6.45, 7) is 6.22. The van der Waals surface area contributed by atoms with Gasteiger partial charge in [-0.05, 0) is 73.7 Å². The predicted octanol–water partition coefficient (Wildman–Crippen LogP) is 4.11. The van der Waals surface area contributed by atoms with Crippen molar-refractivity contribution in [2.75, 3.05) is 17.3 Å². The third kappa shape index (κ3) is 5.71. The topological polar surface area (TPSA) is 124 Å². The average molecular weight is 742 g/mol. The summed E-state index contributed by atoms with van der Waals surface area (Å²) in [6.07, 6.45) is 0. The van der Waals surface area contributed by atoms with Gasteiger partial charge in [0.15, 0.2) is 0 Å². The number of benzene rings is 1. The van der Waals surface area contributed by atoms with E-state index in [9.17, 15) is 29.4 Å². The zero-order chi connectivity index (χ0) is 22.8. The smallest absolute Gasteiger partial charge is 0.338 e. The number of aliphatic carboxylic acids is 1. The van der Waals surface area contributed by atoms with Crippen LogP contribution in [0.5, 0.6) is 0 Å². The average Bonchev–Trinajstić information content (AvgIpc) is 2.62. The molecule has 0 saturated heterocycles. The molecule has 2 amide bonds. The normalized spacial score (nSPS) is 13.9. The van der Waals surface area contributed by atoms with Gasteiger partial charge in [-0.15, -0.1) is 0 Å². The molecule has 0 fully saturated rings. The van der Waals surface area contributed by atoms with Gasteiger partial charge in [0, 0.05) is 19.9 Å². The van der Waals surface area contributed by atoms with Gasteiger partial charge >= 0.3 is 11.9 Å². The number of halogens is 3. The number of carboxylic acid groups (broad SMARTS) is 2. The largest absolute Gasteiger partial charge is 0.481 e. The van der Waals surface area contributed by atoms with Crippen LogP contribution in [0.2, 0.25) is 0 Å². The first-order valence-corrected chi connectivity index (χ1v) is 11.7. The molecule has 1 aromatic carbocycles. The molecule has 0 heterocycles. The van der Waals surface area contributed by atoms with Gasteiger partial charge in [-0.25, -0.2) is 4.79 Å². The van der Waals surface area contributed by atoms with Crippen LogP contribution in [-0.4, -0.2) is 41.0 Å². The molecule has 160 valence electrons. The van der Waals surface area contributed by atoms with Crippen LogP contribution in [0.3, 0.4) is 0 Å². The molecule has 0 spiro atoms. The number of rotatable bonds is 7. The van der Waals surface area contributed by atoms with Crippen molar-refractivity contribution in [3.05, 3.63) is 16.3 Å². The molecule has 0 saturated carbocycles. The fourth-order valence-electron chi connectivity index (χ4n) is 2.53. The van der Waals surface area contributed by atoms with E-state index in [1.807, 2.05) is 67.8 Å². The van der Waals surface area contributed by atoms with Crippen LogP contribution in [0.15, 0.2) is 0 Å². The van der Waals surface area contributed by atoms with Gasteiger partial charge < -0.3 is 20.4 Å². The maximum absolute atomic E-state index is 12.8. The number of aromatic carboxylic acids is 1. The van der Waals surface area contributed by atoms with Gasteiger partial charge in [0.05, 0.1) is 33.6 Å². The molecule has 1 rings (SSSR count). The van der Waals surface area contributed by atoms with Crippen LogP contribution in [0.4, 0.5) is 11.4 Å². The maximum Gasteiger partial charge on any atom is 0.338 e. The molecule has 0 bridgehead atoms. The summed E-state index contributed by atoms with van der Waals surface area (Å²) in [6, 6.07) is 0. The lowest BCUT2D eigenvalue weighted by Gasteiger charge is -2.26. The number of nitrogens with one attached hydrogen (secondary N) is 1. The molecule has 0 aliphatic rings. The van der Waals surface area contributed by atoms with Crippen LogP contribution < -0.4 is 10.2 Å². The van der Waals surface area contributed by atoms with Crippen molar-refractivity contribution >= 4 is 103 Å². The molecule has 8 nitrogen and oxygen atoms in total. The van der Waals surface area contributed by atoms with Crippen molar-refractivity contribution in [3.8, 4) is 0 Å². The quantitative estimate of drug-likeness (QED) is 0.362. The first kappa shape index (κ1) is 26.3. The first-order chi connectivity index (χ1) is 13.2. The Balaban J connectivity index is 3.52. The van der Waals surface area contributed by atoms with Crippen LogP contribution in [0.1, 0.15) is 38.1 Å². The van der Waals surface area contributed by atoms with E-state index in [4.69, 9.17) is 0 Å². The summed E-state index contributed by atoms with van der Waals surface area (Å²) in [5.41, 5.74) is 0.676. The van der Waals surface area contributed by atoms with Gasteiger partial charge in [-0.2, -0.15) is 0 Å². The zero-order valence-electron chi connectivity index (χ0n) is 16.3. The molecular formula is C18H21I3N2O6. The Bertz CT molecular complexity index is 874. The standard InChI is InChI=1S/C18H21I3N2O6/c1-6(8(3)17(26)27)7(2)16(25)22-14-11(19)10(18(28)29)12(20)15(13(14)21)23(5)9(4)24/h6-8H,1-5H3,(H,22,25)(H,26,27)(H,28,29). The van der Waals surface area contributed by atoms with Crippen molar-refractivity contribution < 1.29 is 29.4 Å². The SMILES string of the molecule is CC(=O)N(C)c1c(I)c(NC(=O)C(C)C(C)C(C)C(=O)O)c(I)c(C(=O)O)c1I. The maximum atomic E-state index is 12.8. The number of nitrogens with zero attached hydrogens (tertiary/aromatic N) is 1. The molecule has 0 aliphatic heterocycles. The van der Waals surface area contributed by atoms with E-state index in [1.165, 1.54) is 25.8 Å². The van der Waals surface area contributed by atoms with Crippen molar-refractivity contribution in [1.29, 1.82) is 0 Å². The highest BCUT2D eigenvalue weighted by Crippen LogP contribution is 2.40. The van der Waals surface area contributed by atoms with Crippen molar-refractivity contribution in [1.82, 2.24) is 0 Å². The molecule has 0 aliphatic carbocycles. The minimum absolute atomic E-state index is 0.00961. The fourth-order valence-corrected chi connectivity index (χ4v) is 7.15. The van der Waals surface area contributed by atoms with E-state index in [2.05, 4.69) is 5.32 Å². The molecule has 3 atom stereocenters. The second-order valence-electron chi connectivity index (χ2n) is 6.69. The highest BCUT2D eigenvalue weighted by molar-refractivity contribution is 14.1. The molecule has 3 unspecified atom stereocenters. The summed E-state index contributed by atoms with van der Waals surface area (Å²) in [4.78, 5) is 49.2. The van der Waals surface area contributed by atoms with Gasteiger partial charge in [0.25, 0.3) is 0 Å². The molecule has 29 heavy (non-hydrogen) atoms. The van der Waals surface area contributed by atoms with Gasteiger partial charge in [-0.3, -0.25) is 14.4 Å². The summed E-state index contributed by atoms with van der Waals surface area (Å²) in [5.74, 6) is -4.67. The van der Waals surface area contributed by atoms with E-state index >= 15 is 0 Å². The summed E-state index contributed by atoms with van der Waals surface area (Å²) < 4.78 is 1.25. The zero-order valence-corrected chi connectivity index (χ0v) is 22.8. The van der Waals surface area contributed by atoms with Crippen molar-refractivity contribution in [3.63, 3.8) is 0 Å². The van der Waals surface area contributed by atoms with Crippen LogP contribution >= 0.6 is 67.8 Å². The van der Waals surface area contributed by atoms with Crippen LogP contribution in [0.25, 0.3) is 0 Å². The van der Waals surface area contributed by atoms with Crippen LogP contribution in [-0.2, 0) is 14.4 Å². The van der Waals surface area contributed by atoms with Gasteiger partial charge in [0.1, 0.15) is 0 Å². The summed E-state index contributed by atoms with van der Waals surface area (Å²) in [7, 11) is 1.53. The second kappa shape index (κ2) is 10.5. The monoisotopic (exact) mass is 742 g/mol. The van der Waals surface area contributed by atoms with Crippen molar-refractivity contribution in [2.45, 2.75) is 27.7 Å². The minimum Gasteiger partial charge on any atom is -0.481 e. The molecule has 11 heteroatoms. The highest BCUT2D eigenvalue weighted by Gasteiger charge is 2.32. The number of hydrogen-bond acceptors (Lipinski definition) is 4. The minimum atomic E-state index is -1.18. The Labute approximate surface area is 209 Å². The summed E-state index contributed by atoms with van der Waals surface area (Å²) >= 11 is 5.72. The Kier molecular flexibility index (Phi) is 9.57. The lowest BCUT2D eigenvalue weighted by Crippen LogP contribution is -2.33. The van der Waals surface area contributed by atoms with E-state index in [0.717, 1.165) is 0 Å². The molecule has 3 N–H and O–H groups in total. The van der Waals surface area contributed by atoms with E-state index < -0.39 is 35.6 Å². The Hall–Kier alpha value is -0.710. The number of carbonyl (C=O) groups excluding carboxylic acids is 2. The predicted molar refractivity (Wildman–Crippen MR) is 134 cm³/mol. The van der Waals surface area contributed by atoms with E-state index in [1.54, 1.807) is 13.8 Å². The van der Waals surface area contributed by atoms with Gasteiger partial charge in [-0.1, -0.05) is 20.8 Å². The fraction of sp³-hybridized carbons (Fsp3) is 0.444. The Morgan fingerprint density at radius 3 is 1.86 bits per heavy atom. The van der Waals surface area contributed by atoms with E-state index in [0.29, 0.717) is 22.1 Å². The number of hydrogen-bond donors (Lipinski definition) is 3.